The minimum Gasteiger partial charge on any atom is -0.496 e. The second-order valence-electron chi connectivity index (χ2n) is 6.37. The molecule has 2 aromatic heterocycles. The summed E-state index contributed by atoms with van der Waals surface area (Å²) < 4.78 is 24.5. The molecule has 0 unspecified atom stereocenters. The zero-order chi connectivity index (χ0) is 21.1. The quantitative estimate of drug-likeness (QED) is 0.477. The van der Waals surface area contributed by atoms with Crippen LogP contribution < -0.4 is 10.1 Å². The lowest BCUT2D eigenvalue weighted by Crippen LogP contribution is -2.20. The molecule has 2 aromatic carbocycles. The summed E-state index contributed by atoms with van der Waals surface area (Å²) in [6, 6.07) is 17.1. The third-order valence-electron chi connectivity index (χ3n) is 4.43. The Morgan fingerprint density at radius 3 is 2.53 bits per heavy atom. The zero-order valence-electron chi connectivity index (χ0n) is 16.0. The minimum absolute atomic E-state index is 0.101. The van der Waals surface area contributed by atoms with Crippen molar-refractivity contribution in [3.05, 3.63) is 83.6 Å². The third kappa shape index (κ3) is 3.74. The molecule has 4 rings (SSSR count). The monoisotopic (exact) mass is 423 g/mol. The fourth-order valence-electron chi connectivity index (χ4n) is 3.05. The van der Waals surface area contributed by atoms with E-state index in [1.807, 2.05) is 48.8 Å². The number of halogens is 1. The van der Waals surface area contributed by atoms with Gasteiger partial charge in [-0.05, 0) is 48.6 Å². The van der Waals surface area contributed by atoms with Crippen molar-refractivity contribution in [2.24, 2.45) is 0 Å². The molecule has 0 atom stereocenters. The molecule has 9 heteroatoms. The van der Waals surface area contributed by atoms with Gasteiger partial charge in [-0.1, -0.05) is 24.3 Å². The molecule has 152 valence electrons. The maximum absolute atomic E-state index is 13.8. The fourth-order valence-corrected chi connectivity index (χ4v) is 3.34. The van der Waals surface area contributed by atoms with Crippen LogP contribution in [0.4, 0.5) is 10.1 Å². The van der Waals surface area contributed by atoms with E-state index in [9.17, 15) is 9.18 Å². The molecule has 0 fully saturated rings. The Hall–Kier alpha value is -3.72. The second kappa shape index (κ2) is 8.34. The number of para-hydroxylation sites is 2. The molecule has 1 amide bonds. The molecule has 0 aliphatic carbocycles. The summed E-state index contributed by atoms with van der Waals surface area (Å²) >= 11 is 5.60. The van der Waals surface area contributed by atoms with E-state index < -0.39 is 11.7 Å². The van der Waals surface area contributed by atoms with Gasteiger partial charge in [-0.2, -0.15) is 0 Å². The number of rotatable bonds is 6. The minimum atomic E-state index is -0.512. The smallest absolute Gasteiger partial charge is 0.246 e. The topological polar surface area (TPSA) is 66.0 Å². The van der Waals surface area contributed by atoms with Crippen LogP contribution in [0, 0.1) is 10.6 Å². The van der Waals surface area contributed by atoms with Crippen LogP contribution in [0.1, 0.15) is 0 Å². The molecule has 0 bridgehead atoms. The number of nitrogens with zero attached hydrogens (tertiary/aromatic N) is 4. The molecule has 0 saturated carbocycles. The summed E-state index contributed by atoms with van der Waals surface area (Å²) in [4.78, 5) is 12.5. The molecule has 2 heterocycles. The first-order valence-corrected chi connectivity index (χ1v) is 9.50. The normalized spacial score (nSPS) is 10.7. The number of aromatic nitrogens is 4. The van der Waals surface area contributed by atoms with Gasteiger partial charge in [0.15, 0.2) is 5.82 Å². The summed E-state index contributed by atoms with van der Waals surface area (Å²) in [5.74, 6) is 0.170. The van der Waals surface area contributed by atoms with Crippen LogP contribution in [0.3, 0.4) is 0 Å². The first-order valence-electron chi connectivity index (χ1n) is 9.09. The molecule has 0 radical (unpaired) electrons. The van der Waals surface area contributed by atoms with Crippen LogP contribution in [0.25, 0.3) is 11.4 Å². The number of carbonyl (C=O) groups excluding carboxylic acids is 1. The van der Waals surface area contributed by atoms with Crippen molar-refractivity contribution in [3.8, 4) is 17.1 Å². The largest absolute Gasteiger partial charge is 0.496 e. The number of anilines is 1. The van der Waals surface area contributed by atoms with Crippen molar-refractivity contribution >= 4 is 23.8 Å². The number of ether oxygens (including phenoxy) is 1. The van der Waals surface area contributed by atoms with Crippen LogP contribution in [0.15, 0.2) is 73.1 Å². The average Bonchev–Trinajstić information content (AvgIpc) is 3.38. The molecular weight excluding hydrogens is 405 g/mol. The van der Waals surface area contributed by atoms with Gasteiger partial charge in [-0.15, -0.1) is 5.10 Å². The highest BCUT2D eigenvalue weighted by Crippen LogP contribution is 2.29. The summed E-state index contributed by atoms with van der Waals surface area (Å²) in [5, 5.41) is 7.12. The number of nitrogens with one attached hydrogen (secondary N) is 1. The number of carbonyl (C=O) groups is 1. The van der Waals surface area contributed by atoms with Gasteiger partial charge < -0.3 is 10.1 Å². The Labute approximate surface area is 176 Å². The molecule has 0 aliphatic heterocycles. The highest BCUT2D eigenvalue weighted by Gasteiger charge is 2.19. The molecule has 1 N–H and O–H groups in total. The van der Waals surface area contributed by atoms with Gasteiger partial charge in [0.1, 0.15) is 18.1 Å². The van der Waals surface area contributed by atoms with Crippen molar-refractivity contribution in [2.45, 2.75) is 6.54 Å². The first kappa shape index (κ1) is 19.6. The summed E-state index contributed by atoms with van der Waals surface area (Å²) in [5.41, 5.74) is 0.817. The molecular formula is C21H18FN5O2S. The number of methoxy groups -OCH3 is 1. The Bertz CT molecular complexity index is 1250. The van der Waals surface area contributed by atoms with Gasteiger partial charge in [0.05, 0.1) is 18.4 Å². The first-order chi connectivity index (χ1) is 14.6. The maximum Gasteiger partial charge on any atom is 0.246 e. The van der Waals surface area contributed by atoms with E-state index in [0.29, 0.717) is 21.9 Å². The summed E-state index contributed by atoms with van der Waals surface area (Å²) in [7, 11) is 1.58. The molecule has 7 nitrogen and oxygen atoms in total. The lowest BCUT2D eigenvalue weighted by atomic mass is 10.2. The Kier molecular flexibility index (Phi) is 5.44. The zero-order valence-corrected chi connectivity index (χ0v) is 16.8. The number of hydrogen-bond acceptors (Lipinski definition) is 4. The van der Waals surface area contributed by atoms with Gasteiger partial charge in [0.2, 0.25) is 10.7 Å². The second-order valence-corrected chi connectivity index (χ2v) is 6.73. The van der Waals surface area contributed by atoms with E-state index in [-0.39, 0.29) is 12.2 Å². The fraction of sp³-hybridized carbons (Fsp3) is 0.0952. The summed E-state index contributed by atoms with van der Waals surface area (Å²) in [6.07, 6.45) is 3.64. The highest BCUT2D eigenvalue weighted by molar-refractivity contribution is 7.71. The van der Waals surface area contributed by atoms with E-state index in [1.165, 1.54) is 16.8 Å². The van der Waals surface area contributed by atoms with Gasteiger partial charge in [-0.25, -0.2) is 13.7 Å². The van der Waals surface area contributed by atoms with Crippen LogP contribution in [0.2, 0.25) is 0 Å². The third-order valence-corrected chi connectivity index (χ3v) is 4.81. The molecule has 0 spiro atoms. The Morgan fingerprint density at radius 2 is 1.80 bits per heavy atom. The van der Waals surface area contributed by atoms with Crippen molar-refractivity contribution < 1.29 is 13.9 Å². The Balaban J connectivity index is 1.74. The molecule has 4 aromatic rings. The van der Waals surface area contributed by atoms with E-state index in [4.69, 9.17) is 17.0 Å². The van der Waals surface area contributed by atoms with Crippen molar-refractivity contribution in [3.63, 3.8) is 0 Å². The average molecular weight is 423 g/mol. The Morgan fingerprint density at radius 1 is 1.10 bits per heavy atom. The number of amides is 1. The lowest BCUT2D eigenvalue weighted by molar-refractivity contribution is -0.117. The van der Waals surface area contributed by atoms with Crippen LogP contribution >= 0.6 is 12.2 Å². The standard InChI is InChI=1S/C21H18FN5O2S/c1-29-18-11-5-2-8-15(18)20-24-26(21(30)27(20)25-12-6-7-13-25)14-19(28)23-17-10-4-3-9-16(17)22/h2-13H,14H2,1H3,(H,23,28). The predicted molar refractivity (Wildman–Crippen MR) is 113 cm³/mol. The van der Waals surface area contributed by atoms with Crippen LogP contribution in [0.5, 0.6) is 5.75 Å². The molecule has 0 aliphatic rings. The van der Waals surface area contributed by atoms with E-state index in [2.05, 4.69) is 10.4 Å². The number of benzene rings is 2. The molecule has 30 heavy (non-hydrogen) atoms. The van der Waals surface area contributed by atoms with Crippen LogP contribution in [-0.2, 0) is 11.3 Å². The number of hydrogen-bond donors (Lipinski definition) is 1. The van der Waals surface area contributed by atoms with Gasteiger partial charge >= 0.3 is 0 Å². The lowest BCUT2D eigenvalue weighted by Gasteiger charge is -2.10. The molecule has 0 saturated heterocycles. The van der Waals surface area contributed by atoms with Crippen molar-refractivity contribution in [1.29, 1.82) is 0 Å². The highest BCUT2D eigenvalue weighted by atomic mass is 32.1. The van der Waals surface area contributed by atoms with E-state index in [0.717, 1.165) is 0 Å². The summed E-state index contributed by atoms with van der Waals surface area (Å²) in [6.45, 7) is -0.177. The van der Waals surface area contributed by atoms with Gasteiger partial charge in [0.25, 0.3) is 0 Å². The van der Waals surface area contributed by atoms with E-state index in [1.54, 1.807) is 28.6 Å². The predicted octanol–water partition coefficient (Wildman–Crippen LogP) is 3.98. The van der Waals surface area contributed by atoms with Gasteiger partial charge in [-0.3, -0.25) is 9.47 Å². The maximum atomic E-state index is 13.8. The van der Waals surface area contributed by atoms with Gasteiger partial charge in [0, 0.05) is 12.4 Å². The SMILES string of the molecule is COc1ccccc1-c1nn(CC(=O)Nc2ccccc2F)c(=S)n1-n1cccc1. The van der Waals surface area contributed by atoms with E-state index >= 15 is 0 Å². The van der Waals surface area contributed by atoms with Crippen molar-refractivity contribution in [2.75, 3.05) is 12.4 Å². The van der Waals surface area contributed by atoms with Crippen molar-refractivity contribution in [1.82, 2.24) is 19.1 Å². The van der Waals surface area contributed by atoms with Crippen LogP contribution in [-0.4, -0.2) is 32.1 Å².